The lowest BCUT2D eigenvalue weighted by Gasteiger charge is -2.19. The van der Waals surface area contributed by atoms with Crippen molar-refractivity contribution in [3.63, 3.8) is 0 Å². The van der Waals surface area contributed by atoms with Crippen LogP contribution in [0.4, 0.5) is 0 Å². The van der Waals surface area contributed by atoms with E-state index < -0.39 is 5.92 Å². The first kappa shape index (κ1) is 16.3. The molecular weight excluding hydrogens is 320 g/mol. The molecule has 6 heteroatoms. The van der Waals surface area contributed by atoms with Crippen LogP contribution in [-0.4, -0.2) is 27.0 Å². The van der Waals surface area contributed by atoms with Gasteiger partial charge in [-0.3, -0.25) is 10.2 Å². The molecule has 0 bridgehead atoms. The summed E-state index contributed by atoms with van der Waals surface area (Å²) in [6, 6.07) is 19.5. The second-order valence-electron chi connectivity index (χ2n) is 5.30. The van der Waals surface area contributed by atoms with Gasteiger partial charge in [-0.1, -0.05) is 72.4 Å². The van der Waals surface area contributed by atoms with Gasteiger partial charge in [0.15, 0.2) is 0 Å². The van der Waals surface area contributed by atoms with E-state index in [2.05, 4.69) is 15.6 Å². The van der Waals surface area contributed by atoms with Crippen LogP contribution in [0.5, 0.6) is 0 Å². The fourth-order valence-corrected chi connectivity index (χ4v) is 3.05. The standard InChI is InChI=1S/C18H18N4OS/c1-13-19-20-18(24-2)22(13)21-17(23)16(14-9-5-3-6-10-14)15-11-7-4-8-12-15/h3-12,16H,1-2H3,(H,21,23). The van der Waals surface area contributed by atoms with Crippen molar-refractivity contribution in [3.8, 4) is 0 Å². The second kappa shape index (κ2) is 7.31. The average Bonchev–Trinajstić information content (AvgIpc) is 2.97. The minimum atomic E-state index is -0.399. The van der Waals surface area contributed by atoms with E-state index in [0.29, 0.717) is 11.0 Å². The maximum Gasteiger partial charge on any atom is 0.250 e. The summed E-state index contributed by atoms with van der Waals surface area (Å²) >= 11 is 1.44. The summed E-state index contributed by atoms with van der Waals surface area (Å²) in [5.41, 5.74) is 4.82. The number of hydrogen-bond acceptors (Lipinski definition) is 4. The van der Waals surface area contributed by atoms with Crippen LogP contribution in [-0.2, 0) is 4.79 Å². The Bertz CT molecular complexity index is 778. The minimum Gasteiger partial charge on any atom is -0.272 e. The summed E-state index contributed by atoms with van der Waals surface area (Å²) < 4.78 is 1.63. The molecule has 1 heterocycles. The van der Waals surface area contributed by atoms with E-state index in [1.165, 1.54) is 11.8 Å². The van der Waals surface area contributed by atoms with E-state index in [4.69, 9.17) is 0 Å². The van der Waals surface area contributed by atoms with Gasteiger partial charge in [-0.25, -0.2) is 4.68 Å². The number of carbonyl (C=O) groups excluding carboxylic acids is 1. The molecule has 0 radical (unpaired) electrons. The van der Waals surface area contributed by atoms with Crippen LogP contribution >= 0.6 is 11.8 Å². The number of hydrogen-bond donors (Lipinski definition) is 1. The molecule has 5 nitrogen and oxygen atoms in total. The Labute approximate surface area is 145 Å². The van der Waals surface area contributed by atoms with Crippen molar-refractivity contribution in [2.24, 2.45) is 0 Å². The Morgan fingerprint density at radius 3 is 2.04 bits per heavy atom. The van der Waals surface area contributed by atoms with E-state index in [1.807, 2.05) is 73.8 Å². The molecule has 3 rings (SSSR count). The van der Waals surface area contributed by atoms with Crippen molar-refractivity contribution >= 4 is 17.7 Å². The van der Waals surface area contributed by atoms with Crippen molar-refractivity contribution in [2.75, 3.05) is 11.7 Å². The highest BCUT2D eigenvalue weighted by molar-refractivity contribution is 7.98. The van der Waals surface area contributed by atoms with Gasteiger partial charge in [0.05, 0.1) is 5.92 Å². The Kier molecular flexibility index (Phi) is 4.96. The number of carbonyl (C=O) groups is 1. The molecule has 0 aliphatic heterocycles. The van der Waals surface area contributed by atoms with Gasteiger partial charge < -0.3 is 0 Å². The molecule has 1 N–H and O–H groups in total. The van der Waals surface area contributed by atoms with Crippen molar-refractivity contribution in [3.05, 3.63) is 77.6 Å². The van der Waals surface area contributed by atoms with Crippen molar-refractivity contribution in [1.29, 1.82) is 0 Å². The summed E-state index contributed by atoms with van der Waals surface area (Å²) in [7, 11) is 0. The van der Waals surface area contributed by atoms with Gasteiger partial charge in [0.1, 0.15) is 5.82 Å². The zero-order valence-electron chi connectivity index (χ0n) is 13.5. The maximum atomic E-state index is 13.0. The zero-order chi connectivity index (χ0) is 16.9. The number of thioether (sulfide) groups is 1. The maximum absolute atomic E-state index is 13.0. The SMILES string of the molecule is CSc1nnc(C)n1NC(=O)C(c1ccccc1)c1ccccc1. The number of aromatic nitrogens is 3. The fraction of sp³-hybridized carbons (Fsp3) is 0.167. The number of benzene rings is 2. The number of amides is 1. The number of nitrogens with one attached hydrogen (secondary N) is 1. The summed E-state index contributed by atoms with van der Waals surface area (Å²) in [5, 5.41) is 8.73. The molecule has 24 heavy (non-hydrogen) atoms. The molecule has 3 aromatic rings. The van der Waals surface area contributed by atoms with Gasteiger partial charge >= 0.3 is 0 Å². The normalized spacial score (nSPS) is 10.8. The highest BCUT2D eigenvalue weighted by atomic mass is 32.2. The summed E-state index contributed by atoms with van der Waals surface area (Å²) in [6.45, 7) is 1.81. The Balaban J connectivity index is 1.97. The Morgan fingerprint density at radius 2 is 1.54 bits per heavy atom. The monoisotopic (exact) mass is 338 g/mol. The summed E-state index contributed by atoms with van der Waals surface area (Å²) in [4.78, 5) is 13.0. The predicted molar refractivity (Wildman–Crippen MR) is 95.6 cm³/mol. The molecule has 0 saturated heterocycles. The third kappa shape index (κ3) is 3.33. The first-order chi connectivity index (χ1) is 11.7. The largest absolute Gasteiger partial charge is 0.272 e. The molecule has 1 aromatic heterocycles. The van der Waals surface area contributed by atoms with Crippen LogP contribution in [0, 0.1) is 6.92 Å². The van der Waals surface area contributed by atoms with Gasteiger partial charge in [0.2, 0.25) is 5.16 Å². The highest BCUT2D eigenvalue weighted by Gasteiger charge is 2.24. The molecule has 0 aliphatic rings. The molecule has 0 fully saturated rings. The van der Waals surface area contributed by atoms with E-state index >= 15 is 0 Å². The van der Waals surface area contributed by atoms with Gasteiger partial charge in [-0.05, 0) is 24.3 Å². The summed E-state index contributed by atoms with van der Waals surface area (Å²) in [6.07, 6.45) is 1.90. The molecule has 0 atom stereocenters. The minimum absolute atomic E-state index is 0.120. The molecule has 0 unspecified atom stereocenters. The molecule has 0 saturated carbocycles. The van der Waals surface area contributed by atoms with E-state index in [1.54, 1.807) is 4.68 Å². The van der Waals surface area contributed by atoms with Gasteiger partial charge in [0, 0.05) is 0 Å². The van der Waals surface area contributed by atoms with Gasteiger partial charge in [0.25, 0.3) is 5.91 Å². The zero-order valence-corrected chi connectivity index (χ0v) is 14.3. The number of rotatable bonds is 5. The third-order valence-corrected chi connectivity index (χ3v) is 4.36. The lowest BCUT2D eigenvalue weighted by atomic mass is 9.91. The van der Waals surface area contributed by atoms with Crippen LogP contribution < -0.4 is 5.43 Å². The molecule has 0 aliphatic carbocycles. The fourth-order valence-electron chi connectivity index (χ4n) is 2.56. The Hall–Kier alpha value is -2.60. The average molecular weight is 338 g/mol. The topological polar surface area (TPSA) is 59.8 Å². The number of nitrogens with zero attached hydrogens (tertiary/aromatic N) is 3. The highest BCUT2D eigenvalue weighted by Crippen LogP contribution is 2.25. The van der Waals surface area contributed by atoms with Crippen LogP contribution in [0.15, 0.2) is 65.8 Å². The Morgan fingerprint density at radius 1 is 1.00 bits per heavy atom. The van der Waals surface area contributed by atoms with Crippen LogP contribution in [0.1, 0.15) is 22.9 Å². The van der Waals surface area contributed by atoms with Crippen LogP contribution in [0.25, 0.3) is 0 Å². The van der Waals surface area contributed by atoms with Crippen molar-refractivity contribution in [1.82, 2.24) is 14.9 Å². The molecule has 2 aromatic carbocycles. The molecule has 1 amide bonds. The van der Waals surface area contributed by atoms with Crippen molar-refractivity contribution < 1.29 is 4.79 Å². The second-order valence-corrected chi connectivity index (χ2v) is 6.07. The third-order valence-electron chi connectivity index (χ3n) is 3.73. The first-order valence-electron chi connectivity index (χ1n) is 7.57. The predicted octanol–water partition coefficient (Wildman–Crippen LogP) is 3.21. The molecule has 122 valence electrons. The smallest absolute Gasteiger partial charge is 0.250 e. The summed E-state index contributed by atoms with van der Waals surface area (Å²) in [5.74, 6) is 0.127. The van der Waals surface area contributed by atoms with Gasteiger partial charge in [-0.15, -0.1) is 10.2 Å². The van der Waals surface area contributed by atoms with Crippen LogP contribution in [0.2, 0.25) is 0 Å². The van der Waals surface area contributed by atoms with Gasteiger partial charge in [-0.2, -0.15) is 0 Å². The lowest BCUT2D eigenvalue weighted by molar-refractivity contribution is -0.117. The van der Waals surface area contributed by atoms with Crippen LogP contribution in [0.3, 0.4) is 0 Å². The lowest BCUT2D eigenvalue weighted by Crippen LogP contribution is -2.30. The molecule has 0 spiro atoms. The van der Waals surface area contributed by atoms with E-state index in [-0.39, 0.29) is 5.91 Å². The first-order valence-corrected chi connectivity index (χ1v) is 8.80. The van der Waals surface area contributed by atoms with Crippen molar-refractivity contribution in [2.45, 2.75) is 18.0 Å². The van der Waals surface area contributed by atoms with E-state index in [0.717, 1.165) is 11.1 Å². The van der Waals surface area contributed by atoms with E-state index in [9.17, 15) is 4.79 Å². The number of aryl methyl sites for hydroxylation is 1. The quantitative estimate of drug-likeness (QED) is 0.726. The molecular formula is C18H18N4OS.